The number of halogens is 1. The van der Waals surface area contributed by atoms with E-state index >= 15 is 0 Å². The molecule has 1 unspecified atom stereocenters. The topological polar surface area (TPSA) is 100 Å². The van der Waals surface area contributed by atoms with Gasteiger partial charge in [0.15, 0.2) is 5.78 Å². The van der Waals surface area contributed by atoms with Gasteiger partial charge >= 0.3 is 0 Å². The number of ketones is 1. The number of rotatable bonds is 13. The minimum Gasteiger partial charge on any atom is -0.489 e. The fourth-order valence-electron chi connectivity index (χ4n) is 4.66. The number of carbonyl (C=O) groups is 2. The van der Waals surface area contributed by atoms with Crippen molar-refractivity contribution < 1.29 is 14.3 Å². The summed E-state index contributed by atoms with van der Waals surface area (Å²) in [5, 5.41) is 4.52. The quantitative estimate of drug-likeness (QED) is 0.0603. The first-order valence-electron chi connectivity index (χ1n) is 14.6. The summed E-state index contributed by atoms with van der Waals surface area (Å²) in [6.07, 6.45) is 18.2. The molecule has 0 saturated carbocycles. The fraction of sp³-hybridized carbons (Fsp3) is 0.394. The number of allylic oxidation sites excluding steroid dienone is 3. The monoisotopic (exact) mass is 599 g/mol. The summed E-state index contributed by atoms with van der Waals surface area (Å²) in [5.41, 5.74) is 1.48. The molecule has 1 saturated heterocycles. The highest BCUT2D eigenvalue weighted by Gasteiger charge is 2.23. The van der Waals surface area contributed by atoms with E-state index < -0.39 is 0 Å². The molecule has 1 atom stereocenters. The molecule has 3 heterocycles. The Morgan fingerprint density at radius 1 is 1.26 bits per heavy atom. The van der Waals surface area contributed by atoms with Gasteiger partial charge in [0.25, 0.3) is 0 Å². The number of hydrogen-bond donors (Lipinski definition) is 2. The molecule has 0 amide bonds. The molecule has 1 aliphatic heterocycles. The van der Waals surface area contributed by atoms with Gasteiger partial charge < -0.3 is 24.7 Å². The number of nitrogens with one attached hydrogen (secondary N) is 2. The third-order valence-electron chi connectivity index (χ3n) is 6.81. The smallest absolute Gasteiger partial charge is 0.196 e. The Labute approximate surface area is 260 Å². The van der Waals surface area contributed by atoms with Crippen LogP contribution in [0.2, 0.25) is 11.3 Å². The molecule has 2 aromatic heterocycles. The SMILES string of the molecule is CC#C/C=C\C=C/COc1ccc(C(=O)c2c[nH]c3ncnc(NC4CCCN(C)C4)c23)c(Cl)c1.[B]CCCCCC=O. The maximum absolute atomic E-state index is 13.5. The molecule has 1 fully saturated rings. The van der Waals surface area contributed by atoms with Crippen LogP contribution in [0, 0.1) is 11.8 Å². The number of aromatic amines is 1. The van der Waals surface area contributed by atoms with Crippen molar-refractivity contribution in [3.8, 4) is 17.6 Å². The van der Waals surface area contributed by atoms with E-state index in [1.54, 1.807) is 37.4 Å². The maximum Gasteiger partial charge on any atom is 0.196 e. The Morgan fingerprint density at radius 2 is 2.12 bits per heavy atom. The lowest BCUT2D eigenvalue weighted by Gasteiger charge is -2.30. The number of H-pyrrole nitrogens is 1. The van der Waals surface area contributed by atoms with Crippen LogP contribution in [-0.2, 0) is 4.79 Å². The molecule has 43 heavy (non-hydrogen) atoms. The van der Waals surface area contributed by atoms with Crippen LogP contribution in [0.3, 0.4) is 0 Å². The van der Waals surface area contributed by atoms with Crippen molar-refractivity contribution in [1.82, 2.24) is 19.9 Å². The second-order valence-electron chi connectivity index (χ2n) is 10.2. The average molecular weight is 600 g/mol. The summed E-state index contributed by atoms with van der Waals surface area (Å²) in [7, 11) is 7.33. The number of likely N-dealkylation sites (N-methyl/N-ethyl adjacent to an activating group) is 1. The van der Waals surface area contributed by atoms with Crippen molar-refractivity contribution in [2.75, 3.05) is 32.1 Å². The second kappa shape index (κ2) is 18.6. The van der Waals surface area contributed by atoms with Crippen molar-refractivity contribution in [3.05, 3.63) is 71.2 Å². The number of fused-ring (bicyclic) bond motifs is 1. The highest BCUT2D eigenvalue weighted by Crippen LogP contribution is 2.30. The molecule has 0 aliphatic carbocycles. The van der Waals surface area contributed by atoms with Crippen LogP contribution in [0.5, 0.6) is 5.75 Å². The van der Waals surface area contributed by atoms with E-state index in [9.17, 15) is 9.59 Å². The third-order valence-corrected chi connectivity index (χ3v) is 7.12. The minimum absolute atomic E-state index is 0.200. The van der Waals surface area contributed by atoms with Crippen LogP contribution in [0.4, 0.5) is 5.82 Å². The summed E-state index contributed by atoms with van der Waals surface area (Å²) < 4.78 is 5.71. The van der Waals surface area contributed by atoms with Gasteiger partial charge in [0.05, 0.1) is 23.8 Å². The number of anilines is 1. The van der Waals surface area contributed by atoms with Crippen molar-refractivity contribution >= 4 is 48.4 Å². The second-order valence-corrected chi connectivity index (χ2v) is 10.6. The van der Waals surface area contributed by atoms with E-state index in [4.69, 9.17) is 24.2 Å². The van der Waals surface area contributed by atoms with Crippen LogP contribution in [0.15, 0.2) is 55.0 Å². The van der Waals surface area contributed by atoms with E-state index in [0.29, 0.717) is 51.8 Å². The molecule has 2 radical (unpaired) electrons. The predicted octanol–water partition coefficient (Wildman–Crippen LogP) is 6.20. The Hall–Kier alpha value is -3.87. The van der Waals surface area contributed by atoms with E-state index in [1.165, 1.54) is 6.33 Å². The van der Waals surface area contributed by atoms with Crippen LogP contribution < -0.4 is 10.1 Å². The molecular formula is C33H39BClN5O3. The summed E-state index contributed by atoms with van der Waals surface area (Å²) in [6, 6.07) is 5.34. The number of benzene rings is 1. The number of likely N-dealkylation sites (tertiary alicyclic amines) is 1. The molecule has 1 aromatic carbocycles. The van der Waals surface area contributed by atoms with Gasteiger partial charge in [0.2, 0.25) is 0 Å². The lowest BCUT2D eigenvalue weighted by molar-refractivity contribution is -0.107. The lowest BCUT2D eigenvalue weighted by Crippen LogP contribution is -2.40. The lowest BCUT2D eigenvalue weighted by atomic mass is 9.99. The summed E-state index contributed by atoms with van der Waals surface area (Å²) in [6.45, 7) is 4.17. The maximum atomic E-state index is 13.5. The number of aromatic nitrogens is 3. The van der Waals surface area contributed by atoms with E-state index in [0.717, 1.165) is 57.8 Å². The molecule has 1 aliphatic rings. The number of aldehydes is 1. The number of carbonyl (C=O) groups excluding carboxylic acids is 2. The average Bonchev–Trinajstić information content (AvgIpc) is 3.44. The van der Waals surface area contributed by atoms with Crippen LogP contribution in [0.1, 0.15) is 61.4 Å². The Kier molecular flexibility index (Phi) is 14.6. The minimum atomic E-state index is -0.200. The van der Waals surface area contributed by atoms with Gasteiger partial charge in [0.1, 0.15) is 36.4 Å². The predicted molar refractivity (Wildman–Crippen MR) is 175 cm³/mol. The number of unbranched alkanes of at least 4 members (excludes halogenated alkanes) is 3. The highest BCUT2D eigenvalue weighted by molar-refractivity contribution is 6.35. The molecule has 0 spiro atoms. The molecule has 3 aromatic rings. The van der Waals surface area contributed by atoms with Gasteiger partial charge in [-0.15, -0.1) is 5.92 Å². The first kappa shape index (κ1) is 33.6. The molecule has 2 N–H and O–H groups in total. The Bertz CT molecular complexity index is 1460. The first-order chi connectivity index (χ1) is 21.0. The molecule has 224 valence electrons. The standard InChI is InChI=1S/C27H28ClN5O2.C6H11BO/c1-3-4-5-6-7-8-14-35-20-11-12-21(23(28)15-20)25(34)22-16-29-26-24(22)27(31-18-30-26)32-19-10-9-13-33(2)17-19;7-5-3-1-2-4-6-8/h5-8,11-12,15-16,18-19H,9-10,13-14,17H2,1-2H3,(H2,29,30,31,32);6H,1-5H2/b6-5-,8-7-;. The van der Waals surface area contributed by atoms with Gasteiger partial charge in [-0.25, -0.2) is 9.97 Å². The molecule has 10 heteroatoms. The number of hydrogen-bond acceptors (Lipinski definition) is 7. The number of nitrogens with zero attached hydrogens (tertiary/aromatic N) is 3. The van der Waals surface area contributed by atoms with Gasteiger partial charge in [-0.1, -0.05) is 48.8 Å². The van der Waals surface area contributed by atoms with E-state index in [2.05, 4.69) is 44.1 Å². The largest absolute Gasteiger partial charge is 0.489 e. The Balaban J connectivity index is 0.000000557. The number of piperidine rings is 1. The van der Waals surface area contributed by atoms with Gasteiger partial charge in [0, 0.05) is 30.8 Å². The first-order valence-corrected chi connectivity index (χ1v) is 15.0. The zero-order valence-electron chi connectivity index (χ0n) is 24.9. The molecule has 8 nitrogen and oxygen atoms in total. The summed E-state index contributed by atoms with van der Waals surface area (Å²) >= 11 is 6.49. The van der Waals surface area contributed by atoms with E-state index in [-0.39, 0.29) is 11.8 Å². The third kappa shape index (κ3) is 10.7. The highest BCUT2D eigenvalue weighted by atomic mass is 35.5. The van der Waals surface area contributed by atoms with Crippen molar-refractivity contribution in [2.45, 2.75) is 57.8 Å². The van der Waals surface area contributed by atoms with Crippen molar-refractivity contribution in [1.29, 1.82) is 0 Å². The van der Waals surface area contributed by atoms with Gasteiger partial charge in [-0.3, -0.25) is 4.79 Å². The molecular weight excluding hydrogens is 561 g/mol. The van der Waals surface area contributed by atoms with Crippen molar-refractivity contribution in [2.24, 2.45) is 0 Å². The molecule has 4 rings (SSSR count). The van der Waals surface area contributed by atoms with Crippen LogP contribution in [0.25, 0.3) is 11.0 Å². The zero-order chi connectivity index (χ0) is 30.9. The summed E-state index contributed by atoms with van der Waals surface area (Å²) in [4.78, 5) is 37.4. The van der Waals surface area contributed by atoms with Crippen LogP contribution >= 0.6 is 11.6 Å². The van der Waals surface area contributed by atoms with Crippen molar-refractivity contribution in [3.63, 3.8) is 0 Å². The number of ether oxygens (including phenoxy) is 1. The van der Waals surface area contributed by atoms with Gasteiger partial charge in [-0.05, 0) is 70.1 Å². The van der Waals surface area contributed by atoms with Crippen LogP contribution in [-0.4, -0.2) is 72.6 Å². The molecule has 0 bridgehead atoms. The fourth-order valence-corrected chi connectivity index (χ4v) is 4.91. The summed E-state index contributed by atoms with van der Waals surface area (Å²) in [5.74, 6) is 6.67. The normalized spacial score (nSPS) is 15.1. The Morgan fingerprint density at radius 3 is 2.86 bits per heavy atom. The van der Waals surface area contributed by atoms with E-state index in [1.807, 2.05) is 18.2 Å². The zero-order valence-corrected chi connectivity index (χ0v) is 25.7. The van der Waals surface area contributed by atoms with Gasteiger partial charge in [-0.2, -0.15) is 0 Å².